The van der Waals surface area contributed by atoms with Gasteiger partial charge in [0.25, 0.3) is 0 Å². The molecular formula is C11H8BrNO2. The molecule has 2 rings (SSSR count). The highest BCUT2D eigenvalue weighted by molar-refractivity contribution is 9.10. The number of hydrogen-bond donors (Lipinski definition) is 1. The van der Waals surface area contributed by atoms with Crippen LogP contribution in [-0.4, -0.2) is 16.1 Å². The van der Waals surface area contributed by atoms with Gasteiger partial charge in [-0.3, -0.25) is 0 Å². The Morgan fingerprint density at radius 3 is 2.73 bits per heavy atom. The molecule has 3 nitrogen and oxygen atoms in total. The van der Waals surface area contributed by atoms with E-state index in [9.17, 15) is 4.79 Å². The number of benzene rings is 1. The van der Waals surface area contributed by atoms with E-state index in [4.69, 9.17) is 5.11 Å². The zero-order valence-corrected chi connectivity index (χ0v) is 9.58. The maximum atomic E-state index is 10.9. The largest absolute Gasteiger partial charge is 0.476 e. The smallest absolute Gasteiger partial charge is 0.355 e. The number of carboxylic acid groups (broad SMARTS) is 1. The minimum absolute atomic E-state index is 0.0909. The molecule has 0 saturated carbocycles. The molecule has 0 amide bonds. The maximum absolute atomic E-state index is 10.9. The lowest BCUT2D eigenvalue weighted by molar-refractivity contribution is 0.0693. The third-order valence-electron chi connectivity index (χ3n) is 2.28. The lowest BCUT2D eigenvalue weighted by Gasteiger charge is -2.05. The van der Waals surface area contributed by atoms with Crippen LogP contribution in [-0.2, 0) is 0 Å². The lowest BCUT2D eigenvalue weighted by atomic mass is 10.1. The Balaban J connectivity index is 2.89. The zero-order chi connectivity index (χ0) is 11.0. The molecule has 0 bridgehead atoms. The Kier molecular flexibility index (Phi) is 2.44. The summed E-state index contributed by atoms with van der Waals surface area (Å²) in [5, 5.41) is 10.5. The molecule has 0 fully saturated rings. The van der Waals surface area contributed by atoms with E-state index in [-0.39, 0.29) is 5.69 Å². The average molecular weight is 266 g/mol. The fourth-order valence-electron chi connectivity index (χ4n) is 1.50. The molecule has 1 heterocycles. The van der Waals surface area contributed by atoms with Crippen LogP contribution >= 0.6 is 15.9 Å². The normalized spacial score (nSPS) is 10.5. The summed E-state index contributed by atoms with van der Waals surface area (Å²) in [7, 11) is 0. The Hall–Kier alpha value is -1.42. The van der Waals surface area contributed by atoms with Crippen LogP contribution in [0.5, 0.6) is 0 Å². The van der Waals surface area contributed by atoms with Crippen molar-refractivity contribution in [3.05, 3.63) is 40.1 Å². The van der Waals surface area contributed by atoms with E-state index >= 15 is 0 Å². The first-order valence-corrected chi connectivity index (χ1v) is 5.17. The molecule has 0 atom stereocenters. The first-order chi connectivity index (χ1) is 7.11. The van der Waals surface area contributed by atoms with Crippen LogP contribution in [0.1, 0.15) is 16.1 Å². The van der Waals surface area contributed by atoms with Gasteiger partial charge in [-0.15, -0.1) is 0 Å². The van der Waals surface area contributed by atoms with Crippen molar-refractivity contribution in [2.45, 2.75) is 6.92 Å². The van der Waals surface area contributed by atoms with Gasteiger partial charge in [-0.1, -0.05) is 12.1 Å². The molecular weight excluding hydrogens is 258 g/mol. The van der Waals surface area contributed by atoms with Crippen LogP contribution in [0.2, 0.25) is 0 Å². The number of fused-ring (bicyclic) bond motifs is 1. The summed E-state index contributed by atoms with van der Waals surface area (Å²) in [6.07, 6.45) is 1.51. The molecule has 0 aliphatic carbocycles. The second-order valence-electron chi connectivity index (χ2n) is 3.26. The SMILES string of the molecule is Cc1ccc2c(C(=O)O)nccc2c1Br. The molecule has 0 aliphatic heterocycles. The number of carbonyl (C=O) groups is 1. The molecule has 1 aromatic carbocycles. The Labute approximate surface area is 94.9 Å². The van der Waals surface area contributed by atoms with Gasteiger partial charge in [0.2, 0.25) is 0 Å². The summed E-state index contributed by atoms with van der Waals surface area (Å²) in [5.41, 5.74) is 1.17. The Morgan fingerprint density at radius 1 is 1.33 bits per heavy atom. The second kappa shape index (κ2) is 3.62. The molecule has 1 N–H and O–H groups in total. The fraction of sp³-hybridized carbons (Fsp3) is 0.0909. The molecule has 1 aromatic heterocycles. The highest BCUT2D eigenvalue weighted by atomic mass is 79.9. The van der Waals surface area contributed by atoms with Crippen molar-refractivity contribution in [2.75, 3.05) is 0 Å². The van der Waals surface area contributed by atoms with Gasteiger partial charge in [0.05, 0.1) is 0 Å². The van der Waals surface area contributed by atoms with Crippen molar-refractivity contribution < 1.29 is 9.90 Å². The summed E-state index contributed by atoms with van der Waals surface area (Å²) in [6, 6.07) is 5.46. The summed E-state index contributed by atoms with van der Waals surface area (Å²) in [5.74, 6) is -1.00. The van der Waals surface area contributed by atoms with Gasteiger partial charge in [0.15, 0.2) is 5.69 Å². The van der Waals surface area contributed by atoms with E-state index in [1.165, 1.54) is 6.20 Å². The number of halogens is 1. The van der Waals surface area contributed by atoms with Crippen molar-refractivity contribution in [3.63, 3.8) is 0 Å². The van der Waals surface area contributed by atoms with Gasteiger partial charge >= 0.3 is 5.97 Å². The predicted octanol–water partition coefficient (Wildman–Crippen LogP) is 3.00. The van der Waals surface area contributed by atoms with E-state index in [2.05, 4.69) is 20.9 Å². The third kappa shape index (κ3) is 1.61. The zero-order valence-electron chi connectivity index (χ0n) is 7.99. The maximum Gasteiger partial charge on any atom is 0.355 e. The van der Waals surface area contributed by atoms with Crippen LogP contribution < -0.4 is 0 Å². The van der Waals surface area contributed by atoms with Gasteiger partial charge in [-0.05, 0) is 34.5 Å². The summed E-state index contributed by atoms with van der Waals surface area (Å²) < 4.78 is 0.921. The third-order valence-corrected chi connectivity index (χ3v) is 3.33. The van der Waals surface area contributed by atoms with Crippen LogP contribution in [0.15, 0.2) is 28.9 Å². The van der Waals surface area contributed by atoms with E-state index < -0.39 is 5.97 Å². The highest BCUT2D eigenvalue weighted by Gasteiger charge is 2.11. The molecule has 0 aliphatic rings. The number of nitrogens with zero attached hydrogens (tertiary/aromatic N) is 1. The highest BCUT2D eigenvalue weighted by Crippen LogP contribution is 2.28. The predicted molar refractivity (Wildman–Crippen MR) is 61.1 cm³/mol. The van der Waals surface area contributed by atoms with Gasteiger partial charge < -0.3 is 5.11 Å². The van der Waals surface area contributed by atoms with E-state index in [1.54, 1.807) is 12.1 Å². The molecule has 2 aromatic rings. The molecule has 0 radical (unpaired) electrons. The molecule has 0 unspecified atom stereocenters. The number of rotatable bonds is 1. The topological polar surface area (TPSA) is 50.2 Å². The molecule has 15 heavy (non-hydrogen) atoms. The molecule has 0 spiro atoms. The van der Waals surface area contributed by atoms with Crippen molar-refractivity contribution >= 4 is 32.7 Å². The number of hydrogen-bond acceptors (Lipinski definition) is 2. The van der Waals surface area contributed by atoms with Crippen molar-refractivity contribution in [1.82, 2.24) is 4.98 Å². The van der Waals surface area contributed by atoms with Crippen LogP contribution in [0.4, 0.5) is 0 Å². The van der Waals surface area contributed by atoms with Crippen molar-refractivity contribution in [3.8, 4) is 0 Å². The first-order valence-electron chi connectivity index (χ1n) is 4.38. The first kappa shape index (κ1) is 10.1. The van der Waals surface area contributed by atoms with Gasteiger partial charge in [-0.2, -0.15) is 0 Å². The van der Waals surface area contributed by atoms with Gasteiger partial charge in [0.1, 0.15) is 0 Å². The summed E-state index contributed by atoms with van der Waals surface area (Å²) in [6.45, 7) is 1.96. The average Bonchev–Trinajstić information content (AvgIpc) is 2.23. The summed E-state index contributed by atoms with van der Waals surface area (Å²) >= 11 is 3.44. The van der Waals surface area contributed by atoms with E-state index in [1.807, 2.05) is 13.0 Å². The minimum Gasteiger partial charge on any atom is -0.476 e. The number of aromatic carboxylic acids is 1. The number of pyridine rings is 1. The lowest BCUT2D eigenvalue weighted by Crippen LogP contribution is -2.01. The van der Waals surface area contributed by atoms with Crippen LogP contribution in [0.3, 0.4) is 0 Å². The second-order valence-corrected chi connectivity index (χ2v) is 4.05. The van der Waals surface area contributed by atoms with Crippen molar-refractivity contribution in [1.29, 1.82) is 0 Å². The van der Waals surface area contributed by atoms with Gasteiger partial charge in [-0.25, -0.2) is 9.78 Å². The minimum atomic E-state index is -1.00. The molecule has 0 saturated heterocycles. The van der Waals surface area contributed by atoms with Crippen LogP contribution in [0.25, 0.3) is 10.8 Å². The van der Waals surface area contributed by atoms with Crippen LogP contribution in [0, 0.1) is 6.92 Å². The Morgan fingerprint density at radius 2 is 2.07 bits per heavy atom. The molecule has 4 heteroatoms. The van der Waals surface area contributed by atoms with E-state index in [0.29, 0.717) is 5.39 Å². The quantitative estimate of drug-likeness (QED) is 0.863. The van der Waals surface area contributed by atoms with Gasteiger partial charge in [0, 0.05) is 21.4 Å². The summed E-state index contributed by atoms with van der Waals surface area (Å²) in [4.78, 5) is 14.8. The van der Waals surface area contributed by atoms with Crippen molar-refractivity contribution in [2.24, 2.45) is 0 Å². The standard InChI is InChI=1S/C11H8BrNO2/c1-6-2-3-8-7(9(6)12)4-5-13-10(8)11(14)15/h2-5H,1H3,(H,14,15). The van der Waals surface area contributed by atoms with E-state index in [0.717, 1.165) is 15.4 Å². The number of carboxylic acids is 1. The molecule has 76 valence electrons. The Bertz CT molecular complexity index is 552. The number of aromatic nitrogens is 1. The number of aryl methyl sites for hydroxylation is 1. The monoisotopic (exact) mass is 265 g/mol. The fourth-order valence-corrected chi connectivity index (χ4v) is 1.98.